The third-order valence-corrected chi connectivity index (χ3v) is 1.45. The average molecular weight is 139 g/mol. The molecule has 0 atom stereocenters. The molecule has 0 unspecified atom stereocenters. The standard InChI is InChI=1S/C8H13NO/c1-7-5-8(6-10-7)3-2-4-9/h5-6H,2-4,9H2,1H3. The van der Waals surface area contributed by atoms with E-state index < -0.39 is 0 Å². The fourth-order valence-electron chi connectivity index (χ4n) is 0.935. The fourth-order valence-corrected chi connectivity index (χ4v) is 0.935. The van der Waals surface area contributed by atoms with Gasteiger partial charge in [-0.15, -0.1) is 0 Å². The van der Waals surface area contributed by atoms with E-state index >= 15 is 0 Å². The Labute approximate surface area is 61.0 Å². The molecule has 0 amide bonds. The molecule has 0 aromatic carbocycles. The van der Waals surface area contributed by atoms with Crippen molar-refractivity contribution in [2.75, 3.05) is 6.54 Å². The van der Waals surface area contributed by atoms with Gasteiger partial charge in [-0.25, -0.2) is 0 Å². The van der Waals surface area contributed by atoms with Gasteiger partial charge in [-0.1, -0.05) is 0 Å². The maximum Gasteiger partial charge on any atom is 0.100 e. The summed E-state index contributed by atoms with van der Waals surface area (Å²) in [7, 11) is 0. The molecule has 0 aliphatic rings. The second kappa shape index (κ2) is 3.42. The minimum Gasteiger partial charge on any atom is -0.469 e. The molecule has 2 N–H and O–H groups in total. The molecule has 56 valence electrons. The zero-order valence-electron chi connectivity index (χ0n) is 6.26. The van der Waals surface area contributed by atoms with Crippen molar-refractivity contribution in [1.82, 2.24) is 0 Å². The van der Waals surface area contributed by atoms with Crippen LogP contribution in [0.15, 0.2) is 16.7 Å². The first-order valence-electron chi connectivity index (χ1n) is 3.57. The van der Waals surface area contributed by atoms with Gasteiger partial charge in [0.05, 0.1) is 6.26 Å². The molecule has 1 heterocycles. The van der Waals surface area contributed by atoms with E-state index in [0.29, 0.717) is 0 Å². The first-order valence-corrected chi connectivity index (χ1v) is 3.57. The maximum absolute atomic E-state index is 5.35. The van der Waals surface area contributed by atoms with E-state index in [1.54, 1.807) is 6.26 Å². The molecular weight excluding hydrogens is 126 g/mol. The lowest BCUT2D eigenvalue weighted by molar-refractivity contribution is 0.531. The Kier molecular flexibility index (Phi) is 2.51. The SMILES string of the molecule is Cc1cc(CCCN)co1. The average Bonchev–Trinajstić information content (AvgIpc) is 2.31. The smallest absolute Gasteiger partial charge is 0.100 e. The lowest BCUT2D eigenvalue weighted by Crippen LogP contribution is -1.99. The van der Waals surface area contributed by atoms with Crippen molar-refractivity contribution in [3.8, 4) is 0 Å². The van der Waals surface area contributed by atoms with Crippen LogP contribution in [-0.4, -0.2) is 6.54 Å². The van der Waals surface area contributed by atoms with Crippen LogP contribution in [0.2, 0.25) is 0 Å². The Morgan fingerprint density at radius 3 is 2.90 bits per heavy atom. The van der Waals surface area contributed by atoms with Crippen molar-refractivity contribution in [2.45, 2.75) is 19.8 Å². The quantitative estimate of drug-likeness (QED) is 0.688. The van der Waals surface area contributed by atoms with Gasteiger partial charge in [0, 0.05) is 0 Å². The summed E-state index contributed by atoms with van der Waals surface area (Å²) in [6.45, 7) is 2.70. The molecular formula is C8H13NO. The van der Waals surface area contributed by atoms with Crippen LogP contribution in [0.3, 0.4) is 0 Å². The molecule has 2 nitrogen and oxygen atoms in total. The highest BCUT2D eigenvalue weighted by atomic mass is 16.3. The monoisotopic (exact) mass is 139 g/mol. The molecule has 0 fully saturated rings. The number of hydrogen-bond acceptors (Lipinski definition) is 2. The highest BCUT2D eigenvalue weighted by Crippen LogP contribution is 2.07. The fraction of sp³-hybridized carbons (Fsp3) is 0.500. The summed E-state index contributed by atoms with van der Waals surface area (Å²) in [5.74, 6) is 0.979. The minimum absolute atomic E-state index is 0.754. The predicted molar refractivity (Wildman–Crippen MR) is 40.8 cm³/mol. The minimum atomic E-state index is 0.754. The van der Waals surface area contributed by atoms with Gasteiger partial charge >= 0.3 is 0 Å². The number of nitrogens with two attached hydrogens (primary N) is 1. The number of furan rings is 1. The molecule has 10 heavy (non-hydrogen) atoms. The van der Waals surface area contributed by atoms with Crippen molar-refractivity contribution in [1.29, 1.82) is 0 Å². The van der Waals surface area contributed by atoms with E-state index in [1.807, 2.05) is 6.92 Å². The van der Waals surface area contributed by atoms with E-state index in [1.165, 1.54) is 5.56 Å². The molecule has 0 saturated heterocycles. The lowest BCUT2D eigenvalue weighted by atomic mass is 10.2. The van der Waals surface area contributed by atoms with Crippen molar-refractivity contribution in [2.24, 2.45) is 5.73 Å². The topological polar surface area (TPSA) is 39.2 Å². The van der Waals surface area contributed by atoms with Gasteiger partial charge in [-0.3, -0.25) is 0 Å². The molecule has 1 aromatic rings. The maximum atomic E-state index is 5.35. The number of hydrogen-bond donors (Lipinski definition) is 1. The van der Waals surface area contributed by atoms with Gasteiger partial charge < -0.3 is 10.2 Å². The van der Waals surface area contributed by atoms with Crippen LogP contribution in [0.1, 0.15) is 17.7 Å². The molecule has 0 bridgehead atoms. The highest BCUT2D eigenvalue weighted by molar-refractivity contribution is 5.11. The first kappa shape index (κ1) is 7.35. The van der Waals surface area contributed by atoms with Crippen molar-refractivity contribution in [3.63, 3.8) is 0 Å². The van der Waals surface area contributed by atoms with E-state index in [9.17, 15) is 0 Å². The van der Waals surface area contributed by atoms with Gasteiger partial charge in [0.2, 0.25) is 0 Å². The molecule has 0 aliphatic carbocycles. The second-order valence-electron chi connectivity index (χ2n) is 2.46. The van der Waals surface area contributed by atoms with Crippen LogP contribution in [0.25, 0.3) is 0 Å². The summed E-state index contributed by atoms with van der Waals surface area (Å²) in [6, 6.07) is 2.05. The molecule has 0 aliphatic heterocycles. The largest absolute Gasteiger partial charge is 0.469 e. The Balaban J connectivity index is 2.42. The van der Waals surface area contributed by atoms with E-state index in [4.69, 9.17) is 10.2 Å². The number of aryl methyl sites for hydroxylation is 2. The van der Waals surface area contributed by atoms with E-state index in [0.717, 1.165) is 25.1 Å². The van der Waals surface area contributed by atoms with Gasteiger partial charge in [0.1, 0.15) is 5.76 Å². The van der Waals surface area contributed by atoms with Crippen LogP contribution < -0.4 is 5.73 Å². The molecule has 0 radical (unpaired) electrons. The van der Waals surface area contributed by atoms with Crippen molar-refractivity contribution >= 4 is 0 Å². The predicted octanol–water partition coefficient (Wildman–Crippen LogP) is 1.48. The van der Waals surface area contributed by atoms with Crippen LogP contribution in [-0.2, 0) is 6.42 Å². The third-order valence-electron chi connectivity index (χ3n) is 1.45. The molecule has 1 aromatic heterocycles. The zero-order chi connectivity index (χ0) is 7.40. The summed E-state index contributed by atoms with van der Waals surface area (Å²) in [6.07, 6.45) is 3.87. The normalized spacial score (nSPS) is 10.2. The molecule has 1 rings (SSSR count). The van der Waals surface area contributed by atoms with E-state index in [-0.39, 0.29) is 0 Å². The second-order valence-corrected chi connectivity index (χ2v) is 2.46. The van der Waals surface area contributed by atoms with Crippen molar-refractivity contribution in [3.05, 3.63) is 23.7 Å². The molecule has 0 spiro atoms. The van der Waals surface area contributed by atoms with Gasteiger partial charge in [-0.05, 0) is 37.9 Å². The van der Waals surface area contributed by atoms with Gasteiger partial charge in [0.15, 0.2) is 0 Å². The summed E-state index contributed by atoms with van der Waals surface area (Å²) < 4.78 is 5.12. The Morgan fingerprint density at radius 1 is 1.60 bits per heavy atom. The molecule has 0 saturated carbocycles. The molecule has 2 heteroatoms. The third kappa shape index (κ3) is 1.88. The lowest BCUT2D eigenvalue weighted by Gasteiger charge is -1.90. The Morgan fingerprint density at radius 2 is 2.40 bits per heavy atom. The summed E-state index contributed by atoms with van der Waals surface area (Å²) in [5, 5.41) is 0. The van der Waals surface area contributed by atoms with Crippen LogP contribution >= 0.6 is 0 Å². The zero-order valence-corrected chi connectivity index (χ0v) is 6.26. The highest BCUT2D eigenvalue weighted by Gasteiger charge is 1.95. The van der Waals surface area contributed by atoms with Crippen LogP contribution in [0, 0.1) is 6.92 Å². The van der Waals surface area contributed by atoms with Gasteiger partial charge in [-0.2, -0.15) is 0 Å². The first-order chi connectivity index (χ1) is 4.83. The summed E-state index contributed by atoms with van der Waals surface area (Å²) in [4.78, 5) is 0. The summed E-state index contributed by atoms with van der Waals surface area (Å²) >= 11 is 0. The Bertz CT molecular complexity index is 193. The Hall–Kier alpha value is -0.760. The number of rotatable bonds is 3. The van der Waals surface area contributed by atoms with Crippen LogP contribution in [0.5, 0.6) is 0 Å². The summed E-state index contributed by atoms with van der Waals surface area (Å²) in [5.41, 5.74) is 6.61. The van der Waals surface area contributed by atoms with E-state index in [2.05, 4.69) is 6.07 Å². The van der Waals surface area contributed by atoms with Crippen molar-refractivity contribution < 1.29 is 4.42 Å². The van der Waals surface area contributed by atoms with Gasteiger partial charge in [0.25, 0.3) is 0 Å². The van der Waals surface area contributed by atoms with Crippen LogP contribution in [0.4, 0.5) is 0 Å².